The standard InChI is InChI=1S/C23H26ClN3O3S2/c1-25-23-26(2)22(15-31-23)27-11-4-3-5-20(27)21(28)10-12-32(29,30)19-9-7-16-13-18(24)8-6-17(16)14-19/h6-9,13-15,20H,3-5,10-12H2,1-2H3. The lowest BCUT2D eigenvalue weighted by molar-refractivity contribution is -0.120. The SMILES string of the molecule is CN=c1scc(N2CCCCC2C(=O)CCS(=O)(=O)c2ccc3cc(Cl)ccc3c2)n1C. The van der Waals surface area contributed by atoms with Crippen molar-refractivity contribution in [2.45, 2.75) is 36.6 Å². The van der Waals surface area contributed by atoms with Crippen LogP contribution in [0.25, 0.3) is 10.8 Å². The molecule has 0 aliphatic carbocycles. The van der Waals surface area contributed by atoms with Crippen LogP contribution in [0.5, 0.6) is 0 Å². The van der Waals surface area contributed by atoms with Crippen LogP contribution < -0.4 is 9.70 Å². The number of aromatic nitrogens is 1. The van der Waals surface area contributed by atoms with Gasteiger partial charge in [-0.15, -0.1) is 11.3 Å². The number of Topliss-reactive ketones (excluding diaryl/α,β-unsaturated/α-hetero) is 1. The Kier molecular flexibility index (Phi) is 6.74. The lowest BCUT2D eigenvalue weighted by Gasteiger charge is -2.36. The monoisotopic (exact) mass is 491 g/mol. The van der Waals surface area contributed by atoms with Crippen molar-refractivity contribution >= 4 is 55.1 Å². The lowest BCUT2D eigenvalue weighted by Crippen LogP contribution is -2.46. The molecule has 0 bridgehead atoms. The van der Waals surface area contributed by atoms with Gasteiger partial charge in [0, 0.05) is 37.5 Å². The van der Waals surface area contributed by atoms with Gasteiger partial charge in [0.05, 0.1) is 16.7 Å². The fraction of sp³-hybridized carbons (Fsp3) is 0.391. The second-order valence-corrected chi connectivity index (χ2v) is 11.4. The number of nitrogens with zero attached hydrogens (tertiary/aromatic N) is 3. The molecule has 170 valence electrons. The number of halogens is 1. The third-order valence-electron chi connectivity index (χ3n) is 6.01. The Morgan fingerprint density at radius 3 is 2.69 bits per heavy atom. The van der Waals surface area contributed by atoms with E-state index in [1.165, 1.54) is 11.3 Å². The summed E-state index contributed by atoms with van der Waals surface area (Å²) in [5.41, 5.74) is 0. The fourth-order valence-electron chi connectivity index (χ4n) is 4.27. The predicted molar refractivity (Wildman–Crippen MR) is 130 cm³/mol. The molecule has 1 aromatic heterocycles. The van der Waals surface area contributed by atoms with E-state index in [4.69, 9.17) is 11.6 Å². The Morgan fingerprint density at radius 2 is 1.94 bits per heavy atom. The van der Waals surface area contributed by atoms with Crippen LogP contribution in [0.4, 0.5) is 5.82 Å². The van der Waals surface area contributed by atoms with Gasteiger partial charge in [-0.2, -0.15) is 0 Å². The minimum Gasteiger partial charge on any atom is -0.347 e. The van der Waals surface area contributed by atoms with E-state index in [9.17, 15) is 13.2 Å². The summed E-state index contributed by atoms with van der Waals surface area (Å²) in [5.74, 6) is 0.743. The average molecular weight is 492 g/mol. The van der Waals surface area contributed by atoms with E-state index in [1.807, 2.05) is 17.0 Å². The van der Waals surface area contributed by atoms with Crippen LogP contribution in [0.1, 0.15) is 25.7 Å². The van der Waals surface area contributed by atoms with Crippen LogP contribution in [-0.4, -0.2) is 44.2 Å². The van der Waals surface area contributed by atoms with Gasteiger partial charge in [0.1, 0.15) is 5.82 Å². The van der Waals surface area contributed by atoms with E-state index < -0.39 is 9.84 Å². The number of piperidine rings is 1. The first-order valence-electron chi connectivity index (χ1n) is 10.6. The second-order valence-electron chi connectivity index (χ2n) is 8.05. The first-order chi connectivity index (χ1) is 15.3. The van der Waals surface area contributed by atoms with Crippen molar-refractivity contribution in [3.8, 4) is 0 Å². The molecule has 1 aliphatic rings. The summed E-state index contributed by atoms with van der Waals surface area (Å²) in [5, 5.41) is 4.32. The maximum Gasteiger partial charge on any atom is 0.185 e. The molecule has 6 nitrogen and oxygen atoms in total. The van der Waals surface area contributed by atoms with E-state index in [2.05, 4.69) is 9.89 Å². The van der Waals surface area contributed by atoms with Gasteiger partial charge < -0.3 is 9.47 Å². The van der Waals surface area contributed by atoms with Gasteiger partial charge in [-0.3, -0.25) is 9.79 Å². The molecule has 0 N–H and O–H groups in total. The van der Waals surface area contributed by atoms with Gasteiger partial charge in [0.15, 0.2) is 20.4 Å². The number of carbonyl (C=O) groups excluding carboxylic acids is 1. The average Bonchev–Trinajstić information content (AvgIpc) is 3.17. The zero-order chi connectivity index (χ0) is 22.9. The molecule has 0 amide bonds. The molecule has 1 fully saturated rings. The van der Waals surface area contributed by atoms with Crippen LogP contribution in [0.2, 0.25) is 5.02 Å². The number of sulfone groups is 1. The first kappa shape index (κ1) is 23.0. The van der Waals surface area contributed by atoms with Crippen molar-refractivity contribution < 1.29 is 13.2 Å². The van der Waals surface area contributed by atoms with E-state index in [0.29, 0.717) is 5.02 Å². The number of hydrogen-bond donors (Lipinski definition) is 0. The second kappa shape index (κ2) is 9.37. The number of fused-ring (bicyclic) bond motifs is 1. The Balaban J connectivity index is 1.51. The molecule has 0 radical (unpaired) electrons. The highest BCUT2D eigenvalue weighted by molar-refractivity contribution is 7.91. The molecule has 32 heavy (non-hydrogen) atoms. The predicted octanol–water partition coefficient (Wildman–Crippen LogP) is 4.22. The molecular weight excluding hydrogens is 466 g/mol. The van der Waals surface area contributed by atoms with E-state index >= 15 is 0 Å². The number of ketones is 1. The fourth-order valence-corrected chi connectivity index (χ4v) is 6.60. The van der Waals surface area contributed by atoms with Crippen LogP contribution in [0, 0.1) is 0 Å². The minimum atomic E-state index is -3.58. The van der Waals surface area contributed by atoms with Gasteiger partial charge in [-0.1, -0.05) is 23.7 Å². The largest absolute Gasteiger partial charge is 0.347 e. The van der Waals surface area contributed by atoms with Crippen molar-refractivity contribution in [2.75, 3.05) is 24.2 Å². The quantitative estimate of drug-likeness (QED) is 0.517. The zero-order valence-electron chi connectivity index (χ0n) is 18.1. The number of hydrogen-bond acceptors (Lipinski definition) is 6. The normalized spacial score (nSPS) is 17.8. The number of anilines is 1. The van der Waals surface area contributed by atoms with Crippen LogP contribution in [0.15, 0.2) is 51.7 Å². The van der Waals surface area contributed by atoms with Gasteiger partial charge in [0.25, 0.3) is 0 Å². The van der Waals surface area contributed by atoms with Crippen molar-refractivity contribution in [1.29, 1.82) is 0 Å². The molecule has 2 heterocycles. The Hall–Kier alpha value is -2.16. The summed E-state index contributed by atoms with van der Waals surface area (Å²) in [6.07, 6.45) is 2.72. The van der Waals surface area contributed by atoms with Crippen LogP contribution >= 0.6 is 22.9 Å². The number of rotatable bonds is 6. The topological polar surface area (TPSA) is 71.7 Å². The van der Waals surface area contributed by atoms with Gasteiger partial charge in [0.2, 0.25) is 0 Å². The van der Waals surface area contributed by atoms with Crippen LogP contribution in [-0.2, 0) is 21.7 Å². The Bertz CT molecular complexity index is 1330. The van der Waals surface area contributed by atoms with E-state index in [1.54, 1.807) is 43.4 Å². The van der Waals surface area contributed by atoms with Crippen LogP contribution in [0.3, 0.4) is 0 Å². The van der Waals surface area contributed by atoms with Crippen molar-refractivity contribution in [1.82, 2.24) is 4.57 Å². The van der Waals surface area contributed by atoms with Gasteiger partial charge >= 0.3 is 0 Å². The van der Waals surface area contributed by atoms with Crippen molar-refractivity contribution in [3.63, 3.8) is 0 Å². The first-order valence-corrected chi connectivity index (χ1v) is 13.5. The highest BCUT2D eigenvalue weighted by atomic mass is 35.5. The molecule has 9 heteroatoms. The number of thiazole rings is 1. The molecule has 0 spiro atoms. The van der Waals surface area contributed by atoms with Gasteiger partial charge in [-0.05, 0) is 54.3 Å². The molecule has 4 rings (SSSR count). The smallest absolute Gasteiger partial charge is 0.185 e. The summed E-state index contributed by atoms with van der Waals surface area (Å²) in [6.45, 7) is 0.782. The molecule has 0 saturated carbocycles. The summed E-state index contributed by atoms with van der Waals surface area (Å²) in [6, 6.07) is 10.0. The Morgan fingerprint density at radius 1 is 1.19 bits per heavy atom. The van der Waals surface area contributed by atoms with E-state index in [0.717, 1.165) is 47.2 Å². The lowest BCUT2D eigenvalue weighted by atomic mass is 9.97. The maximum absolute atomic E-state index is 13.1. The third-order valence-corrected chi connectivity index (χ3v) is 8.96. The molecule has 1 saturated heterocycles. The number of carbonyl (C=O) groups is 1. The molecular formula is C23H26ClN3O3S2. The number of benzene rings is 2. The highest BCUT2D eigenvalue weighted by Gasteiger charge is 2.31. The summed E-state index contributed by atoms with van der Waals surface area (Å²) >= 11 is 7.56. The highest BCUT2D eigenvalue weighted by Crippen LogP contribution is 2.27. The Labute approximate surface area is 197 Å². The molecule has 3 aromatic rings. The van der Waals surface area contributed by atoms with Gasteiger partial charge in [-0.25, -0.2) is 8.42 Å². The molecule has 1 unspecified atom stereocenters. The molecule has 1 aliphatic heterocycles. The summed E-state index contributed by atoms with van der Waals surface area (Å²) in [4.78, 5) is 20.7. The summed E-state index contributed by atoms with van der Waals surface area (Å²) < 4.78 is 27.9. The van der Waals surface area contributed by atoms with E-state index in [-0.39, 0.29) is 28.9 Å². The maximum atomic E-state index is 13.1. The third kappa shape index (κ3) is 4.63. The van der Waals surface area contributed by atoms with Crippen molar-refractivity contribution in [3.05, 3.63) is 51.6 Å². The van der Waals surface area contributed by atoms with Crippen molar-refractivity contribution in [2.24, 2.45) is 12.0 Å². The zero-order valence-corrected chi connectivity index (χ0v) is 20.5. The minimum absolute atomic E-state index is 0.00101. The molecule has 1 atom stereocenters. The summed E-state index contributed by atoms with van der Waals surface area (Å²) in [7, 11) is 0.121. The molecule has 2 aromatic carbocycles.